The molecule has 0 aromatic carbocycles. The van der Waals surface area contributed by atoms with E-state index in [9.17, 15) is 0 Å². The average Bonchev–Trinajstić information content (AvgIpc) is 2.76. The molecule has 19 heavy (non-hydrogen) atoms. The molecule has 108 valence electrons. The summed E-state index contributed by atoms with van der Waals surface area (Å²) in [6.07, 6.45) is 3.95. The number of rotatable bonds is 4. The third-order valence-corrected chi connectivity index (χ3v) is 3.77. The number of aromatic nitrogens is 1. The van der Waals surface area contributed by atoms with Crippen LogP contribution >= 0.6 is 0 Å². The van der Waals surface area contributed by atoms with E-state index in [2.05, 4.69) is 44.6 Å². The van der Waals surface area contributed by atoms with Gasteiger partial charge in [0, 0.05) is 25.1 Å². The van der Waals surface area contributed by atoms with E-state index in [0.29, 0.717) is 12.0 Å². The zero-order valence-electron chi connectivity index (χ0n) is 12.8. The van der Waals surface area contributed by atoms with Crippen LogP contribution in [0.2, 0.25) is 0 Å². The minimum atomic E-state index is -0.00983. The number of oxazole rings is 1. The molecular formula is C15H26N2O2. The van der Waals surface area contributed by atoms with Gasteiger partial charge in [-0.1, -0.05) is 13.8 Å². The fourth-order valence-corrected chi connectivity index (χ4v) is 2.62. The average molecular weight is 266 g/mol. The maximum absolute atomic E-state index is 5.77. The van der Waals surface area contributed by atoms with Crippen molar-refractivity contribution in [2.45, 2.75) is 64.6 Å². The summed E-state index contributed by atoms with van der Waals surface area (Å²) in [6.45, 7) is 10.2. The molecule has 1 unspecified atom stereocenters. The zero-order valence-corrected chi connectivity index (χ0v) is 12.8. The van der Waals surface area contributed by atoms with Gasteiger partial charge in [0.15, 0.2) is 5.89 Å². The molecule has 2 heterocycles. The van der Waals surface area contributed by atoms with Crippen molar-refractivity contribution in [1.29, 1.82) is 0 Å². The Hall–Kier alpha value is -0.870. The Bertz CT molecular complexity index is 412. The number of ether oxygens (including phenoxy) is 1. The van der Waals surface area contributed by atoms with E-state index in [-0.39, 0.29) is 5.60 Å². The Morgan fingerprint density at radius 3 is 2.79 bits per heavy atom. The molecule has 0 radical (unpaired) electrons. The minimum absolute atomic E-state index is 0.00983. The summed E-state index contributed by atoms with van der Waals surface area (Å²) in [7, 11) is 2.16. The Morgan fingerprint density at radius 1 is 1.47 bits per heavy atom. The van der Waals surface area contributed by atoms with Gasteiger partial charge in [-0.05, 0) is 33.7 Å². The van der Waals surface area contributed by atoms with Crippen LogP contribution in [0.25, 0.3) is 0 Å². The highest BCUT2D eigenvalue weighted by atomic mass is 16.5. The zero-order chi connectivity index (χ0) is 14.0. The number of nitrogens with zero attached hydrogens (tertiary/aromatic N) is 2. The molecule has 2 rings (SSSR count). The molecule has 0 N–H and O–H groups in total. The molecule has 1 saturated heterocycles. The molecule has 0 aliphatic carbocycles. The molecule has 0 bridgehead atoms. The largest absolute Gasteiger partial charge is 0.448 e. The van der Waals surface area contributed by atoms with E-state index < -0.39 is 0 Å². The van der Waals surface area contributed by atoms with E-state index >= 15 is 0 Å². The van der Waals surface area contributed by atoms with E-state index in [4.69, 9.17) is 9.15 Å². The minimum Gasteiger partial charge on any atom is -0.448 e. The van der Waals surface area contributed by atoms with Gasteiger partial charge in [-0.15, -0.1) is 0 Å². The van der Waals surface area contributed by atoms with Gasteiger partial charge in [-0.25, -0.2) is 4.98 Å². The molecule has 4 nitrogen and oxygen atoms in total. The van der Waals surface area contributed by atoms with Crippen molar-refractivity contribution in [1.82, 2.24) is 9.88 Å². The van der Waals surface area contributed by atoms with Crippen LogP contribution in [0.5, 0.6) is 0 Å². The SMILES string of the molecule is CC(C)c1nc(CN(C)C2CCOC(C)(C)C2)co1. The highest BCUT2D eigenvalue weighted by molar-refractivity contribution is 5.00. The molecule has 1 aliphatic rings. The van der Waals surface area contributed by atoms with Gasteiger partial charge in [0.25, 0.3) is 0 Å². The second-order valence-corrected chi connectivity index (χ2v) is 6.50. The van der Waals surface area contributed by atoms with Crippen LogP contribution in [-0.2, 0) is 11.3 Å². The van der Waals surface area contributed by atoms with Gasteiger partial charge in [-0.3, -0.25) is 4.90 Å². The fraction of sp³-hybridized carbons (Fsp3) is 0.800. The summed E-state index contributed by atoms with van der Waals surface area (Å²) < 4.78 is 11.3. The smallest absolute Gasteiger partial charge is 0.196 e. The predicted octanol–water partition coefficient (Wildman–Crippen LogP) is 3.19. The summed E-state index contributed by atoms with van der Waals surface area (Å²) in [5.41, 5.74) is 1.01. The summed E-state index contributed by atoms with van der Waals surface area (Å²) in [5.74, 6) is 1.18. The summed E-state index contributed by atoms with van der Waals surface area (Å²) in [6, 6.07) is 0.558. The number of hydrogen-bond acceptors (Lipinski definition) is 4. The van der Waals surface area contributed by atoms with Crippen LogP contribution < -0.4 is 0 Å². The van der Waals surface area contributed by atoms with E-state index in [1.165, 1.54) is 0 Å². The maximum Gasteiger partial charge on any atom is 0.196 e. The summed E-state index contributed by atoms with van der Waals surface area (Å²) in [4.78, 5) is 6.91. The van der Waals surface area contributed by atoms with Crippen LogP contribution in [0.15, 0.2) is 10.7 Å². The van der Waals surface area contributed by atoms with Crippen molar-refractivity contribution in [3.05, 3.63) is 17.8 Å². The fourth-order valence-electron chi connectivity index (χ4n) is 2.62. The lowest BCUT2D eigenvalue weighted by molar-refractivity contribution is -0.0810. The molecule has 1 aliphatic heterocycles. The van der Waals surface area contributed by atoms with E-state index in [0.717, 1.165) is 37.6 Å². The molecule has 4 heteroatoms. The lowest BCUT2D eigenvalue weighted by atomic mass is 9.93. The summed E-state index contributed by atoms with van der Waals surface area (Å²) in [5, 5.41) is 0. The predicted molar refractivity (Wildman–Crippen MR) is 75.1 cm³/mol. The van der Waals surface area contributed by atoms with Crippen molar-refractivity contribution in [3.8, 4) is 0 Å². The van der Waals surface area contributed by atoms with Crippen molar-refractivity contribution in [2.24, 2.45) is 0 Å². The molecule has 1 atom stereocenters. The Balaban J connectivity index is 1.94. The van der Waals surface area contributed by atoms with Gasteiger partial charge in [-0.2, -0.15) is 0 Å². The first-order valence-corrected chi connectivity index (χ1v) is 7.16. The first kappa shape index (κ1) is 14.5. The van der Waals surface area contributed by atoms with Gasteiger partial charge in [0.1, 0.15) is 6.26 Å². The van der Waals surface area contributed by atoms with Crippen LogP contribution in [-0.4, -0.2) is 35.2 Å². The molecule has 0 amide bonds. The standard InChI is InChI=1S/C15H26N2O2/c1-11(2)14-16-12(10-18-14)9-17(5)13-6-7-19-15(3,4)8-13/h10-11,13H,6-9H2,1-5H3. The van der Waals surface area contributed by atoms with Gasteiger partial charge >= 0.3 is 0 Å². The first-order valence-electron chi connectivity index (χ1n) is 7.16. The van der Waals surface area contributed by atoms with Crippen molar-refractivity contribution >= 4 is 0 Å². The van der Waals surface area contributed by atoms with Crippen molar-refractivity contribution < 1.29 is 9.15 Å². The van der Waals surface area contributed by atoms with Gasteiger partial charge in [0.2, 0.25) is 0 Å². The Kier molecular flexibility index (Phi) is 4.31. The first-order chi connectivity index (χ1) is 8.87. The quantitative estimate of drug-likeness (QED) is 0.839. The van der Waals surface area contributed by atoms with Crippen LogP contribution in [0.1, 0.15) is 58.0 Å². The molecule has 0 spiro atoms. The van der Waals surface area contributed by atoms with Gasteiger partial charge in [0.05, 0.1) is 11.3 Å². The number of hydrogen-bond donors (Lipinski definition) is 0. The lowest BCUT2D eigenvalue weighted by Crippen LogP contribution is -2.44. The Labute approximate surface area is 116 Å². The molecule has 1 aromatic rings. The monoisotopic (exact) mass is 266 g/mol. The molecule has 1 aromatic heterocycles. The van der Waals surface area contributed by atoms with Crippen LogP contribution in [0, 0.1) is 0 Å². The third kappa shape index (κ3) is 3.80. The highest BCUT2D eigenvalue weighted by Crippen LogP contribution is 2.27. The third-order valence-electron chi connectivity index (χ3n) is 3.77. The Morgan fingerprint density at radius 2 is 2.21 bits per heavy atom. The summed E-state index contributed by atoms with van der Waals surface area (Å²) >= 11 is 0. The lowest BCUT2D eigenvalue weighted by Gasteiger charge is -2.39. The molecule has 0 saturated carbocycles. The van der Waals surface area contributed by atoms with Crippen molar-refractivity contribution in [3.63, 3.8) is 0 Å². The topological polar surface area (TPSA) is 38.5 Å². The van der Waals surface area contributed by atoms with Gasteiger partial charge < -0.3 is 9.15 Å². The van der Waals surface area contributed by atoms with E-state index in [1.54, 1.807) is 6.26 Å². The second kappa shape index (κ2) is 5.63. The van der Waals surface area contributed by atoms with Crippen LogP contribution in [0.3, 0.4) is 0 Å². The maximum atomic E-state index is 5.77. The molecule has 1 fully saturated rings. The molecular weight excluding hydrogens is 240 g/mol. The van der Waals surface area contributed by atoms with E-state index in [1.807, 2.05) is 0 Å². The normalized spacial score (nSPS) is 23.2. The highest BCUT2D eigenvalue weighted by Gasteiger charge is 2.31. The van der Waals surface area contributed by atoms with Crippen molar-refractivity contribution in [2.75, 3.05) is 13.7 Å². The van der Waals surface area contributed by atoms with Crippen LogP contribution in [0.4, 0.5) is 0 Å². The second-order valence-electron chi connectivity index (χ2n) is 6.50.